The van der Waals surface area contributed by atoms with Crippen molar-refractivity contribution in [2.24, 2.45) is 0 Å². The molecule has 0 bridgehead atoms. The molecule has 9 nitrogen and oxygen atoms in total. The van der Waals surface area contributed by atoms with Crippen molar-refractivity contribution in [3.05, 3.63) is 87.6 Å². The van der Waals surface area contributed by atoms with Crippen LogP contribution in [-0.2, 0) is 19.8 Å². The average Bonchev–Trinajstić information content (AvgIpc) is 2.82. The number of pyridine rings is 1. The summed E-state index contributed by atoms with van der Waals surface area (Å²) in [5.74, 6) is -1.90. The van der Waals surface area contributed by atoms with Crippen molar-refractivity contribution in [1.82, 2.24) is 4.73 Å². The van der Waals surface area contributed by atoms with E-state index in [0.717, 1.165) is 44.7 Å². The maximum absolute atomic E-state index is 13.4. The van der Waals surface area contributed by atoms with Crippen molar-refractivity contribution in [1.29, 1.82) is 0 Å². The number of carbonyl (C=O) groups is 1. The lowest BCUT2D eigenvalue weighted by atomic mass is 10.1. The summed E-state index contributed by atoms with van der Waals surface area (Å²) in [5.41, 5.74) is -2.01. The number of hydrogen-bond donors (Lipinski definition) is 1. The molecule has 0 fully saturated rings. The monoisotopic (exact) mass is 530 g/mol. The normalized spacial score (nSPS) is 11.8. The fraction of sp³-hybridized carbons (Fsp3) is 0.182. The van der Waals surface area contributed by atoms with Crippen molar-refractivity contribution >= 4 is 19.4 Å². The van der Waals surface area contributed by atoms with E-state index < -0.39 is 42.6 Å². The molecule has 1 N–H and O–H groups in total. The summed E-state index contributed by atoms with van der Waals surface area (Å²) in [7, 11) is -1.96. The van der Waals surface area contributed by atoms with Gasteiger partial charge in [-0.1, -0.05) is 0 Å². The summed E-state index contributed by atoms with van der Waals surface area (Å²) in [6.07, 6.45) is -3.70. The number of aryl methyl sites for hydroxylation is 1. The van der Waals surface area contributed by atoms with Crippen LogP contribution in [0.25, 0.3) is 0 Å². The number of rotatable bonds is 8. The van der Waals surface area contributed by atoms with Crippen LogP contribution in [-0.4, -0.2) is 24.9 Å². The Morgan fingerprint density at radius 1 is 1.00 bits per heavy atom. The van der Waals surface area contributed by atoms with E-state index in [9.17, 15) is 31.7 Å². The van der Waals surface area contributed by atoms with Gasteiger partial charge < -0.3 is 14.7 Å². The number of amides is 1. The Labute approximate surface area is 201 Å². The van der Waals surface area contributed by atoms with Crippen LogP contribution < -0.4 is 20.2 Å². The minimum atomic E-state index is -4.72. The maximum Gasteiger partial charge on any atom is 0.548 e. The molecule has 2 aromatic carbocycles. The first-order chi connectivity index (χ1) is 16.8. The zero-order valence-electron chi connectivity index (χ0n) is 19.0. The molecule has 1 aromatic heterocycles. The first kappa shape index (κ1) is 26.9. The van der Waals surface area contributed by atoms with Crippen LogP contribution >= 0.6 is 7.82 Å². The Morgan fingerprint density at radius 3 is 2.28 bits per heavy atom. The summed E-state index contributed by atoms with van der Waals surface area (Å²) in [6, 6.07) is 7.72. The Morgan fingerprint density at radius 2 is 1.69 bits per heavy atom. The highest BCUT2D eigenvalue weighted by molar-refractivity contribution is 7.48. The molecule has 0 aliphatic rings. The average molecular weight is 530 g/mol. The summed E-state index contributed by atoms with van der Waals surface area (Å²) in [5, 5.41) is 2.36. The standard InChI is InChI=1S/C22H19F4N2O7P/c1-13-10-15(23)5-7-18(13)34-19-11-14(22(24,25)26)4-6-17(19)21(30)27-16-8-9-28(20(29)12-16)35-36(31,32-2)33-3/h4-12H,1-3H3,(H,27,30). The van der Waals surface area contributed by atoms with Gasteiger partial charge in [-0.2, -0.15) is 13.2 Å². The van der Waals surface area contributed by atoms with Gasteiger partial charge in [0.2, 0.25) is 0 Å². The van der Waals surface area contributed by atoms with E-state index in [-0.39, 0.29) is 22.6 Å². The molecule has 192 valence electrons. The topological polar surface area (TPSA) is 105 Å². The molecule has 0 aliphatic carbocycles. The third kappa shape index (κ3) is 6.30. The van der Waals surface area contributed by atoms with Crippen LogP contribution in [0.1, 0.15) is 21.5 Å². The number of hydrogen-bond acceptors (Lipinski definition) is 7. The molecule has 36 heavy (non-hydrogen) atoms. The quantitative estimate of drug-likeness (QED) is 0.316. The van der Waals surface area contributed by atoms with E-state index in [1.807, 2.05) is 0 Å². The highest BCUT2D eigenvalue weighted by Crippen LogP contribution is 2.43. The molecule has 0 saturated heterocycles. The number of aromatic nitrogens is 1. The SMILES string of the molecule is COP(=O)(OC)On1ccc(NC(=O)c2ccc(C(F)(F)F)cc2Oc2ccc(F)cc2C)cc1=O. The minimum Gasteiger partial charge on any atom is -0.456 e. The Kier molecular flexibility index (Phi) is 7.87. The number of nitrogens with zero attached hydrogens (tertiary/aromatic N) is 1. The molecule has 3 rings (SSSR count). The van der Waals surface area contributed by atoms with Crippen LogP contribution in [0.3, 0.4) is 0 Å². The number of nitrogens with one attached hydrogen (secondary N) is 1. The molecule has 0 aliphatic heterocycles. The zero-order valence-corrected chi connectivity index (χ0v) is 19.9. The third-order valence-electron chi connectivity index (χ3n) is 4.69. The van der Waals surface area contributed by atoms with Gasteiger partial charge in [-0.15, -0.1) is 4.73 Å². The lowest BCUT2D eigenvalue weighted by Gasteiger charge is -2.16. The van der Waals surface area contributed by atoms with Gasteiger partial charge >= 0.3 is 14.0 Å². The predicted molar refractivity (Wildman–Crippen MR) is 120 cm³/mol. The Bertz CT molecular complexity index is 1380. The fourth-order valence-electron chi connectivity index (χ4n) is 2.88. The first-order valence-electron chi connectivity index (χ1n) is 9.96. The maximum atomic E-state index is 13.4. The smallest absolute Gasteiger partial charge is 0.456 e. The van der Waals surface area contributed by atoms with Gasteiger partial charge in [0.1, 0.15) is 17.3 Å². The molecule has 0 radical (unpaired) electrons. The number of ether oxygens (including phenoxy) is 1. The number of anilines is 1. The molecular weight excluding hydrogens is 511 g/mol. The van der Waals surface area contributed by atoms with Crippen LogP contribution in [0.2, 0.25) is 0 Å². The Balaban J connectivity index is 1.92. The van der Waals surface area contributed by atoms with Crippen molar-refractivity contribution in [2.75, 3.05) is 19.5 Å². The molecule has 0 atom stereocenters. The minimum absolute atomic E-state index is 0.0326. The number of carbonyl (C=O) groups excluding carboxylic acids is 1. The second-order valence-corrected chi connectivity index (χ2v) is 8.94. The summed E-state index contributed by atoms with van der Waals surface area (Å²) in [6.45, 7) is 1.48. The lowest BCUT2D eigenvalue weighted by Crippen LogP contribution is -2.26. The van der Waals surface area contributed by atoms with Crippen LogP contribution in [0, 0.1) is 12.7 Å². The van der Waals surface area contributed by atoms with Crippen LogP contribution in [0.5, 0.6) is 11.5 Å². The summed E-state index contributed by atoms with van der Waals surface area (Å²) >= 11 is 0. The van der Waals surface area contributed by atoms with E-state index in [1.165, 1.54) is 19.1 Å². The zero-order chi connectivity index (χ0) is 26.7. The Hall–Kier alpha value is -3.67. The summed E-state index contributed by atoms with van der Waals surface area (Å²) < 4.78 is 85.4. The van der Waals surface area contributed by atoms with Gasteiger partial charge in [0.15, 0.2) is 0 Å². The lowest BCUT2D eigenvalue weighted by molar-refractivity contribution is -0.137. The molecule has 0 unspecified atom stereocenters. The van der Waals surface area contributed by atoms with Gasteiger partial charge in [-0.05, 0) is 55.0 Å². The number of phosphoric ester groups is 1. The molecule has 14 heteroatoms. The molecule has 0 saturated carbocycles. The van der Waals surface area contributed by atoms with E-state index in [4.69, 9.17) is 9.36 Å². The van der Waals surface area contributed by atoms with Crippen LogP contribution in [0.15, 0.2) is 59.5 Å². The van der Waals surface area contributed by atoms with Gasteiger partial charge in [0.25, 0.3) is 11.5 Å². The third-order valence-corrected chi connectivity index (χ3v) is 5.96. The largest absolute Gasteiger partial charge is 0.548 e. The number of halogens is 4. The van der Waals surface area contributed by atoms with E-state index in [0.29, 0.717) is 16.9 Å². The second-order valence-electron chi connectivity index (χ2n) is 7.15. The number of phosphoric acid groups is 1. The molecule has 1 amide bonds. The molecule has 3 aromatic rings. The van der Waals surface area contributed by atoms with E-state index in [1.54, 1.807) is 0 Å². The first-order valence-corrected chi connectivity index (χ1v) is 11.4. The highest BCUT2D eigenvalue weighted by Gasteiger charge is 2.32. The van der Waals surface area contributed by atoms with Gasteiger partial charge in [0, 0.05) is 26.0 Å². The summed E-state index contributed by atoms with van der Waals surface area (Å²) in [4.78, 5) is 25.2. The highest BCUT2D eigenvalue weighted by atomic mass is 31.2. The van der Waals surface area contributed by atoms with Crippen molar-refractivity contribution < 1.29 is 45.3 Å². The van der Waals surface area contributed by atoms with Crippen LogP contribution in [0.4, 0.5) is 23.2 Å². The number of benzene rings is 2. The van der Waals surface area contributed by atoms with Gasteiger partial charge in [-0.3, -0.25) is 18.6 Å². The predicted octanol–water partition coefficient (Wildman–Crippen LogP) is 5.19. The van der Waals surface area contributed by atoms with E-state index >= 15 is 0 Å². The molecule has 0 spiro atoms. The van der Waals surface area contributed by atoms with Crippen molar-refractivity contribution in [3.63, 3.8) is 0 Å². The van der Waals surface area contributed by atoms with E-state index in [2.05, 4.69) is 14.4 Å². The number of alkyl halides is 3. The van der Waals surface area contributed by atoms with Gasteiger partial charge in [-0.25, -0.2) is 8.96 Å². The van der Waals surface area contributed by atoms with Crippen molar-refractivity contribution in [2.45, 2.75) is 13.1 Å². The fourth-order valence-corrected chi connectivity index (χ4v) is 3.51. The van der Waals surface area contributed by atoms with Gasteiger partial charge in [0.05, 0.1) is 17.3 Å². The molecular formula is C22H19F4N2O7P. The molecule has 1 heterocycles. The van der Waals surface area contributed by atoms with Crippen molar-refractivity contribution in [3.8, 4) is 11.5 Å². The second kappa shape index (κ2) is 10.5.